The molecule has 100 valence electrons. The van der Waals surface area contributed by atoms with Crippen molar-refractivity contribution in [3.05, 3.63) is 23.0 Å². The number of halogens is 2. The van der Waals surface area contributed by atoms with Crippen LogP contribution in [0.3, 0.4) is 0 Å². The highest BCUT2D eigenvalue weighted by Crippen LogP contribution is 2.33. The molecular weight excluding hydrogens is 253 g/mol. The molecule has 1 aliphatic heterocycles. The lowest BCUT2D eigenvalue weighted by Gasteiger charge is -2.23. The molecule has 2 atom stereocenters. The SMILES string of the molecule is CC1CN(c2cc(F)c(Cl)cc2N)CC1N(C)C. The van der Waals surface area contributed by atoms with Crippen molar-refractivity contribution in [3.63, 3.8) is 0 Å². The van der Waals surface area contributed by atoms with Crippen molar-refractivity contribution < 1.29 is 4.39 Å². The van der Waals surface area contributed by atoms with Crippen molar-refractivity contribution in [3.8, 4) is 0 Å². The van der Waals surface area contributed by atoms with Gasteiger partial charge < -0.3 is 15.5 Å². The lowest BCUT2D eigenvalue weighted by atomic mass is 10.1. The van der Waals surface area contributed by atoms with Crippen LogP contribution < -0.4 is 10.6 Å². The zero-order valence-corrected chi connectivity index (χ0v) is 11.7. The maximum atomic E-state index is 13.5. The summed E-state index contributed by atoms with van der Waals surface area (Å²) in [7, 11) is 4.13. The van der Waals surface area contributed by atoms with Gasteiger partial charge in [0, 0.05) is 25.2 Å². The topological polar surface area (TPSA) is 32.5 Å². The van der Waals surface area contributed by atoms with E-state index in [9.17, 15) is 4.39 Å². The fraction of sp³-hybridized carbons (Fsp3) is 0.538. The smallest absolute Gasteiger partial charge is 0.144 e. The summed E-state index contributed by atoms with van der Waals surface area (Å²) in [5.74, 6) is 0.111. The van der Waals surface area contributed by atoms with E-state index in [1.54, 1.807) is 0 Å². The standard InChI is InChI=1S/C13H19ClFN3/c1-8-6-18(7-13(8)17(2)3)12-5-10(15)9(14)4-11(12)16/h4-5,8,13H,6-7,16H2,1-3H3. The van der Waals surface area contributed by atoms with Crippen LogP contribution in [0.1, 0.15) is 6.92 Å². The van der Waals surface area contributed by atoms with Crippen molar-refractivity contribution in [2.24, 2.45) is 5.92 Å². The molecule has 0 amide bonds. The van der Waals surface area contributed by atoms with Crippen LogP contribution in [0, 0.1) is 11.7 Å². The molecule has 1 heterocycles. The first-order valence-electron chi connectivity index (χ1n) is 6.06. The van der Waals surface area contributed by atoms with Gasteiger partial charge in [-0.05, 0) is 26.1 Å². The molecule has 3 nitrogen and oxygen atoms in total. The highest BCUT2D eigenvalue weighted by atomic mass is 35.5. The quantitative estimate of drug-likeness (QED) is 0.839. The molecule has 0 bridgehead atoms. The molecular formula is C13H19ClFN3. The third kappa shape index (κ3) is 2.40. The van der Waals surface area contributed by atoms with Gasteiger partial charge in [0.05, 0.1) is 16.4 Å². The highest BCUT2D eigenvalue weighted by molar-refractivity contribution is 6.31. The van der Waals surface area contributed by atoms with Crippen LogP contribution in [0.5, 0.6) is 0 Å². The number of anilines is 2. The zero-order chi connectivity index (χ0) is 13.4. The van der Waals surface area contributed by atoms with Crippen LogP contribution >= 0.6 is 11.6 Å². The Morgan fingerprint density at radius 3 is 2.61 bits per heavy atom. The Labute approximate surface area is 112 Å². The molecule has 0 radical (unpaired) electrons. The Balaban J connectivity index is 2.26. The van der Waals surface area contributed by atoms with Gasteiger partial charge >= 0.3 is 0 Å². The second-order valence-electron chi connectivity index (χ2n) is 5.24. The number of nitrogen functional groups attached to an aromatic ring is 1. The van der Waals surface area contributed by atoms with Crippen LogP contribution in [0.25, 0.3) is 0 Å². The predicted octanol–water partition coefficient (Wildman–Crippen LogP) is 2.45. The molecule has 0 saturated carbocycles. The van der Waals surface area contributed by atoms with E-state index in [0.717, 1.165) is 18.8 Å². The van der Waals surface area contributed by atoms with Crippen molar-refractivity contribution >= 4 is 23.0 Å². The first-order chi connectivity index (χ1) is 8.40. The van der Waals surface area contributed by atoms with Crippen molar-refractivity contribution in [1.29, 1.82) is 0 Å². The van der Waals surface area contributed by atoms with E-state index >= 15 is 0 Å². The summed E-state index contributed by atoms with van der Waals surface area (Å²) in [6.07, 6.45) is 0. The molecule has 2 unspecified atom stereocenters. The minimum absolute atomic E-state index is 0.0765. The molecule has 2 N–H and O–H groups in total. The van der Waals surface area contributed by atoms with Gasteiger partial charge in [-0.15, -0.1) is 0 Å². The Bertz CT molecular complexity index is 450. The Morgan fingerprint density at radius 1 is 1.39 bits per heavy atom. The second-order valence-corrected chi connectivity index (χ2v) is 5.65. The van der Waals surface area contributed by atoms with E-state index in [0.29, 0.717) is 17.6 Å². The van der Waals surface area contributed by atoms with Crippen LogP contribution in [0.4, 0.5) is 15.8 Å². The van der Waals surface area contributed by atoms with E-state index in [2.05, 4.69) is 30.8 Å². The van der Waals surface area contributed by atoms with E-state index < -0.39 is 5.82 Å². The van der Waals surface area contributed by atoms with Crippen LogP contribution in [0.15, 0.2) is 12.1 Å². The fourth-order valence-electron chi connectivity index (χ4n) is 2.64. The molecule has 5 heteroatoms. The summed E-state index contributed by atoms with van der Waals surface area (Å²) in [5.41, 5.74) is 7.21. The largest absolute Gasteiger partial charge is 0.397 e. The first kappa shape index (κ1) is 13.4. The molecule has 18 heavy (non-hydrogen) atoms. The third-order valence-corrected chi connectivity index (χ3v) is 3.94. The normalized spacial score (nSPS) is 24.0. The molecule has 1 saturated heterocycles. The van der Waals surface area contributed by atoms with Gasteiger partial charge in [0.15, 0.2) is 0 Å². The lowest BCUT2D eigenvalue weighted by Crippen LogP contribution is -2.34. The Morgan fingerprint density at radius 2 is 2.06 bits per heavy atom. The monoisotopic (exact) mass is 271 g/mol. The van der Waals surface area contributed by atoms with E-state index in [4.69, 9.17) is 17.3 Å². The summed E-state index contributed by atoms with van der Waals surface area (Å²) in [6.45, 7) is 3.95. The maximum absolute atomic E-state index is 13.5. The molecule has 2 rings (SSSR count). The van der Waals surface area contributed by atoms with Crippen molar-refractivity contribution in [2.75, 3.05) is 37.8 Å². The molecule has 1 aromatic rings. The van der Waals surface area contributed by atoms with Gasteiger partial charge in [-0.3, -0.25) is 0 Å². The number of benzene rings is 1. The van der Waals surface area contributed by atoms with E-state index in [1.165, 1.54) is 12.1 Å². The maximum Gasteiger partial charge on any atom is 0.144 e. The van der Waals surface area contributed by atoms with Gasteiger partial charge in [0.1, 0.15) is 5.82 Å². The van der Waals surface area contributed by atoms with E-state index in [1.807, 2.05) is 0 Å². The minimum atomic E-state index is -0.415. The number of nitrogens with two attached hydrogens (primary N) is 1. The van der Waals surface area contributed by atoms with Crippen molar-refractivity contribution in [2.45, 2.75) is 13.0 Å². The Hall–Kier alpha value is -1.00. The van der Waals surface area contributed by atoms with Gasteiger partial charge in [-0.2, -0.15) is 0 Å². The first-order valence-corrected chi connectivity index (χ1v) is 6.44. The van der Waals surface area contributed by atoms with Gasteiger partial charge in [0.2, 0.25) is 0 Å². The van der Waals surface area contributed by atoms with Crippen LogP contribution in [-0.2, 0) is 0 Å². The molecule has 1 aliphatic rings. The summed E-state index contributed by atoms with van der Waals surface area (Å²) in [4.78, 5) is 4.33. The number of likely N-dealkylation sites (N-methyl/N-ethyl adjacent to an activating group) is 1. The predicted molar refractivity (Wildman–Crippen MR) is 74.7 cm³/mol. The lowest BCUT2D eigenvalue weighted by molar-refractivity contribution is 0.266. The Kier molecular flexibility index (Phi) is 3.69. The van der Waals surface area contributed by atoms with Crippen LogP contribution in [0.2, 0.25) is 5.02 Å². The van der Waals surface area contributed by atoms with Crippen molar-refractivity contribution in [1.82, 2.24) is 4.90 Å². The summed E-state index contributed by atoms with van der Waals surface area (Å²) in [6, 6.07) is 3.38. The van der Waals surface area contributed by atoms with Gasteiger partial charge in [0.25, 0.3) is 0 Å². The molecule has 0 spiro atoms. The minimum Gasteiger partial charge on any atom is -0.397 e. The summed E-state index contributed by atoms with van der Waals surface area (Å²) in [5, 5.41) is 0.0765. The number of nitrogens with zero attached hydrogens (tertiary/aromatic N) is 2. The molecule has 1 fully saturated rings. The number of hydrogen-bond donors (Lipinski definition) is 1. The second kappa shape index (κ2) is 4.94. The molecule has 0 aromatic heterocycles. The van der Waals surface area contributed by atoms with Gasteiger partial charge in [-0.1, -0.05) is 18.5 Å². The average Bonchev–Trinajstić information content (AvgIpc) is 2.65. The summed E-state index contributed by atoms with van der Waals surface area (Å²) >= 11 is 5.72. The van der Waals surface area contributed by atoms with Crippen LogP contribution in [-0.4, -0.2) is 38.1 Å². The average molecular weight is 272 g/mol. The fourth-order valence-corrected chi connectivity index (χ4v) is 2.82. The third-order valence-electron chi connectivity index (χ3n) is 3.65. The summed E-state index contributed by atoms with van der Waals surface area (Å²) < 4.78 is 13.5. The highest BCUT2D eigenvalue weighted by Gasteiger charge is 2.32. The number of rotatable bonds is 2. The number of hydrogen-bond acceptors (Lipinski definition) is 3. The molecule has 0 aliphatic carbocycles. The van der Waals surface area contributed by atoms with Gasteiger partial charge in [-0.25, -0.2) is 4.39 Å². The zero-order valence-electron chi connectivity index (χ0n) is 11.0. The van der Waals surface area contributed by atoms with E-state index in [-0.39, 0.29) is 5.02 Å². The molecule has 1 aromatic carbocycles.